The van der Waals surface area contributed by atoms with Gasteiger partial charge in [-0.25, -0.2) is 4.79 Å². The van der Waals surface area contributed by atoms with Crippen LogP contribution in [-0.4, -0.2) is 47.3 Å². The number of carbonyl (C=O) groups excluding carboxylic acids is 2. The molecule has 1 atom stereocenters. The molecule has 0 saturated heterocycles. The van der Waals surface area contributed by atoms with E-state index in [1.54, 1.807) is 19.2 Å². The van der Waals surface area contributed by atoms with Crippen molar-refractivity contribution in [2.75, 3.05) is 35.2 Å². The quantitative estimate of drug-likeness (QED) is 0.0793. The Hall–Kier alpha value is -3.95. The van der Waals surface area contributed by atoms with Gasteiger partial charge in [-0.2, -0.15) is 0 Å². The van der Waals surface area contributed by atoms with Crippen molar-refractivity contribution in [2.24, 2.45) is 0 Å². The third-order valence-electron chi connectivity index (χ3n) is 8.91. The van der Waals surface area contributed by atoms with E-state index in [1.165, 1.54) is 91.6 Å². The second-order valence-electron chi connectivity index (χ2n) is 12.3. The van der Waals surface area contributed by atoms with E-state index in [9.17, 15) is 14.4 Å². The maximum Gasteiger partial charge on any atom is 0.410 e. The molecule has 266 valence electrons. The number of hydrogen-bond donors (Lipinski definition) is 1. The van der Waals surface area contributed by atoms with Crippen molar-refractivity contribution >= 4 is 12.1 Å². The van der Waals surface area contributed by atoms with Gasteiger partial charge in [0.1, 0.15) is 0 Å². The van der Waals surface area contributed by atoms with E-state index >= 15 is 0 Å². The second-order valence-corrected chi connectivity index (χ2v) is 12.3. The third kappa shape index (κ3) is 11.3. The van der Waals surface area contributed by atoms with E-state index in [-0.39, 0.29) is 17.6 Å². The molecule has 1 amide bonds. The fraction of sp³-hybridized carbons (Fsp3) is 0.605. The van der Waals surface area contributed by atoms with Crippen molar-refractivity contribution in [3.05, 3.63) is 45.6 Å². The van der Waals surface area contributed by atoms with E-state index in [0.29, 0.717) is 41.2 Å². The number of ether oxygens (including phenoxy) is 6. The number of rotatable bonds is 21. The van der Waals surface area contributed by atoms with Gasteiger partial charge in [0.05, 0.1) is 34.5 Å². The molecule has 1 N–H and O–H groups in total. The van der Waals surface area contributed by atoms with Crippen molar-refractivity contribution in [3.8, 4) is 34.1 Å². The summed E-state index contributed by atoms with van der Waals surface area (Å²) in [6.07, 6.45) is 16.4. The molecule has 0 saturated carbocycles. The average Bonchev–Trinajstić information content (AvgIpc) is 3.33. The number of aryl methyl sites for hydroxylation is 1. The fourth-order valence-corrected chi connectivity index (χ4v) is 6.31. The van der Waals surface area contributed by atoms with Gasteiger partial charge in [0.15, 0.2) is 17.2 Å². The molecule has 0 spiro atoms. The first kappa shape index (κ1) is 38.5. The lowest BCUT2D eigenvalue weighted by atomic mass is 9.95. The number of hydrogen-bond acceptors (Lipinski definition) is 9. The molecule has 10 heteroatoms. The summed E-state index contributed by atoms with van der Waals surface area (Å²) in [5, 5.41) is 2.86. The van der Waals surface area contributed by atoms with Crippen molar-refractivity contribution in [1.29, 1.82) is 0 Å². The summed E-state index contributed by atoms with van der Waals surface area (Å²) in [7, 11) is 6.05. The van der Waals surface area contributed by atoms with Crippen LogP contribution in [0.2, 0.25) is 0 Å². The molecule has 48 heavy (non-hydrogen) atoms. The van der Waals surface area contributed by atoms with Gasteiger partial charge in [-0.05, 0) is 54.2 Å². The summed E-state index contributed by atoms with van der Waals surface area (Å²) >= 11 is 0. The Morgan fingerprint density at radius 1 is 0.729 bits per heavy atom. The number of carbonyl (C=O) groups is 2. The fourth-order valence-electron chi connectivity index (χ4n) is 6.31. The first-order valence-corrected chi connectivity index (χ1v) is 17.5. The van der Waals surface area contributed by atoms with Crippen molar-refractivity contribution < 1.29 is 38.0 Å². The van der Waals surface area contributed by atoms with Gasteiger partial charge in [-0.15, -0.1) is 0 Å². The van der Waals surface area contributed by atoms with Crippen LogP contribution in [0.5, 0.6) is 23.0 Å². The molecule has 2 aromatic rings. The molecule has 0 aliphatic heterocycles. The highest BCUT2D eigenvalue weighted by Gasteiger charge is 2.30. The lowest BCUT2D eigenvalue weighted by Crippen LogP contribution is -2.30. The first-order valence-electron chi connectivity index (χ1n) is 17.5. The summed E-state index contributed by atoms with van der Waals surface area (Å²) in [5.41, 5.74) is 2.49. The molecular weight excluding hydrogens is 614 g/mol. The number of nitrogens with one attached hydrogen (secondary N) is 1. The molecule has 0 bridgehead atoms. The Morgan fingerprint density at radius 3 is 1.92 bits per heavy atom. The minimum Gasteiger partial charge on any atom is -0.493 e. The molecule has 1 aliphatic rings. The van der Waals surface area contributed by atoms with E-state index in [2.05, 4.69) is 12.2 Å². The van der Waals surface area contributed by atoms with Crippen LogP contribution in [0.4, 0.5) is 4.79 Å². The van der Waals surface area contributed by atoms with E-state index in [4.69, 9.17) is 28.4 Å². The van der Waals surface area contributed by atoms with Crippen LogP contribution in [0.3, 0.4) is 0 Å². The Balaban J connectivity index is 1.51. The molecule has 2 aromatic carbocycles. The van der Waals surface area contributed by atoms with Crippen LogP contribution >= 0.6 is 0 Å². The molecule has 10 nitrogen and oxygen atoms in total. The minimum absolute atomic E-state index is 0.154. The number of unbranched alkanes of at least 4 members (excludes halogenated alkanes) is 12. The Morgan fingerprint density at radius 2 is 1.33 bits per heavy atom. The van der Waals surface area contributed by atoms with Crippen molar-refractivity contribution in [1.82, 2.24) is 5.32 Å². The van der Waals surface area contributed by atoms with E-state index in [1.807, 2.05) is 6.07 Å². The van der Waals surface area contributed by atoms with Crippen LogP contribution in [0.15, 0.2) is 29.1 Å². The number of amides is 1. The topological polar surface area (TPSA) is 119 Å². The summed E-state index contributed by atoms with van der Waals surface area (Å²) in [5.74, 6) is 1.12. The number of esters is 1. The zero-order valence-corrected chi connectivity index (χ0v) is 29.6. The van der Waals surface area contributed by atoms with E-state index < -0.39 is 24.9 Å². The predicted octanol–water partition coefficient (Wildman–Crippen LogP) is 8.44. The van der Waals surface area contributed by atoms with Crippen molar-refractivity contribution in [3.63, 3.8) is 0 Å². The Kier molecular flexibility index (Phi) is 16.9. The van der Waals surface area contributed by atoms with Gasteiger partial charge >= 0.3 is 12.1 Å². The van der Waals surface area contributed by atoms with E-state index in [0.717, 1.165) is 30.4 Å². The zero-order chi connectivity index (χ0) is 34.7. The monoisotopic (exact) mass is 669 g/mol. The summed E-state index contributed by atoms with van der Waals surface area (Å²) in [6.45, 7) is 1.76. The van der Waals surface area contributed by atoms with Crippen LogP contribution in [0.25, 0.3) is 11.1 Å². The summed E-state index contributed by atoms with van der Waals surface area (Å²) in [4.78, 5) is 38.2. The van der Waals surface area contributed by atoms with Crippen LogP contribution in [0, 0.1) is 0 Å². The normalized spacial score (nSPS) is 13.4. The van der Waals surface area contributed by atoms with Crippen LogP contribution < -0.4 is 29.7 Å². The van der Waals surface area contributed by atoms with Gasteiger partial charge in [-0.1, -0.05) is 90.0 Å². The average molecular weight is 670 g/mol. The highest BCUT2D eigenvalue weighted by molar-refractivity contribution is 5.83. The SMILES string of the molecule is CCCCCCCCCCCCCCCC(=O)OCOC(=O)N[C@H]1CCc2cc(OC)c(OC)c(OC)c2-c2ccc(OC)c(=O)cc21. The smallest absolute Gasteiger partial charge is 0.410 e. The van der Waals surface area contributed by atoms with Gasteiger partial charge in [0.2, 0.25) is 18.0 Å². The lowest BCUT2D eigenvalue weighted by Gasteiger charge is -2.20. The van der Waals surface area contributed by atoms with Crippen LogP contribution in [0.1, 0.15) is 120 Å². The maximum atomic E-state index is 13.0. The van der Waals surface area contributed by atoms with Crippen LogP contribution in [-0.2, 0) is 20.7 Å². The van der Waals surface area contributed by atoms with Gasteiger partial charge in [-0.3, -0.25) is 9.59 Å². The number of alkyl carbamates (subject to hydrolysis) is 1. The standard InChI is InChI=1S/C38H55NO9/c1-6-7-8-9-10-11-12-13-14-15-16-17-18-19-34(41)47-26-48-38(42)39-30-22-20-27-24-33(44-3)36(45-4)37(46-5)35(27)28-21-23-32(43-2)31(40)25-29(28)30/h21,23-25,30H,6-20,22,26H2,1-5H3,(H,39,42)/t30-/m0/s1. The lowest BCUT2D eigenvalue weighted by molar-refractivity contribution is -0.152. The molecule has 0 aromatic heterocycles. The molecule has 0 radical (unpaired) electrons. The predicted molar refractivity (Wildman–Crippen MR) is 186 cm³/mol. The highest BCUT2D eigenvalue weighted by Crippen LogP contribution is 2.50. The molecule has 0 heterocycles. The Labute approximate surface area is 285 Å². The molecule has 1 aliphatic carbocycles. The van der Waals surface area contributed by atoms with Crippen molar-refractivity contribution in [2.45, 2.75) is 116 Å². The zero-order valence-electron chi connectivity index (χ0n) is 29.6. The highest BCUT2D eigenvalue weighted by atomic mass is 16.7. The van der Waals surface area contributed by atoms with Gasteiger partial charge in [0, 0.05) is 12.0 Å². The minimum atomic E-state index is -0.765. The third-order valence-corrected chi connectivity index (χ3v) is 8.91. The number of benzene rings is 1. The summed E-state index contributed by atoms with van der Waals surface area (Å²) in [6, 6.07) is 6.10. The number of fused-ring (bicyclic) bond motifs is 3. The van der Waals surface area contributed by atoms with Gasteiger partial charge < -0.3 is 33.7 Å². The maximum absolute atomic E-state index is 13.0. The molecule has 0 unspecified atom stereocenters. The summed E-state index contributed by atoms with van der Waals surface area (Å²) < 4.78 is 32.7. The molecular formula is C38H55NO9. The van der Waals surface area contributed by atoms with Gasteiger partial charge in [0.25, 0.3) is 0 Å². The second kappa shape index (κ2) is 21.1. The number of methoxy groups -OCH3 is 4. The molecule has 3 rings (SSSR count). The molecule has 0 fully saturated rings. The largest absolute Gasteiger partial charge is 0.493 e. The first-order chi connectivity index (χ1) is 23.4. The Bertz CT molecular complexity index is 1380.